The van der Waals surface area contributed by atoms with E-state index in [0.717, 1.165) is 4.88 Å². The second kappa shape index (κ2) is 8.03. The molecule has 3 rings (SSSR count). The third-order valence-corrected chi connectivity index (χ3v) is 5.07. The van der Waals surface area contributed by atoms with Gasteiger partial charge >= 0.3 is 7.60 Å². The minimum atomic E-state index is -4.37. The quantitative estimate of drug-likeness (QED) is 0.256. The molecule has 5 N–H and O–H groups in total. The number of carbonyl (C=O) groups excluding carboxylic acids is 1. The van der Waals surface area contributed by atoms with Crippen LogP contribution in [0.4, 0.5) is 0 Å². The molecule has 0 aliphatic heterocycles. The van der Waals surface area contributed by atoms with Crippen molar-refractivity contribution in [3.8, 4) is 17.0 Å². The van der Waals surface area contributed by atoms with E-state index in [1.807, 2.05) is 0 Å². The number of thiazole rings is 1. The maximum atomic E-state index is 12.4. The van der Waals surface area contributed by atoms with E-state index in [1.165, 1.54) is 23.5 Å². The van der Waals surface area contributed by atoms with Crippen LogP contribution in [0.3, 0.4) is 0 Å². The number of nitrogens with zero attached hydrogens (tertiary/aromatic N) is 1. The minimum Gasteiger partial charge on any atom is -0.480 e. The van der Waals surface area contributed by atoms with Crippen molar-refractivity contribution in [3.63, 3.8) is 0 Å². The SMILES string of the molecule is O=C(NOC[C@H](O)CO)c1ccc(OCP(=O)(O)O)c2c1Cc1scnc1-2. The van der Waals surface area contributed by atoms with Gasteiger partial charge in [0.2, 0.25) is 0 Å². The highest BCUT2D eigenvalue weighted by atomic mass is 32.1. The summed E-state index contributed by atoms with van der Waals surface area (Å²) in [4.78, 5) is 40.5. The van der Waals surface area contributed by atoms with Crippen LogP contribution in [0.1, 0.15) is 20.8 Å². The topological polar surface area (TPSA) is 158 Å². The number of aliphatic hydroxyl groups excluding tert-OH is 2. The molecule has 1 aliphatic rings. The number of ether oxygens (including phenoxy) is 1. The Bertz CT molecular complexity index is 896. The highest BCUT2D eigenvalue weighted by molar-refractivity contribution is 7.51. The lowest BCUT2D eigenvalue weighted by atomic mass is 10.0. The number of hydrogen-bond acceptors (Lipinski definition) is 8. The molecule has 0 saturated heterocycles. The van der Waals surface area contributed by atoms with Gasteiger partial charge in [-0.15, -0.1) is 11.3 Å². The zero-order valence-corrected chi connectivity index (χ0v) is 15.6. The van der Waals surface area contributed by atoms with E-state index in [-0.39, 0.29) is 17.9 Å². The zero-order chi connectivity index (χ0) is 19.6. The number of benzene rings is 1. The molecule has 0 radical (unpaired) electrons. The average Bonchev–Trinajstić information content (AvgIpc) is 3.19. The van der Waals surface area contributed by atoms with Crippen molar-refractivity contribution < 1.29 is 38.9 Å². The molecule has 1 heterocycles. The summed E-state index contributed by atoms with van der Waals surface area (Å²) in [7, 11) is -4.37. The van der Waals surface area contributed by atoms with Gasteiger partial charge in [-0.1, -0.05) is 0 Å². The van der Waals surface area contributed by atoms with Gasteiger partial charge in [0.05, 0.1) is 17.8 Å². The molecule has 146 valence electrons. The maximum Gasteiger partial charge on any atom is 0.362 e. The smallest absolute Gasteiger partial charge is 0.362 e. The fraction of sp³-hybridized carbons (Fsp3) is 0.333. The average molecular weight is 416 g/mol. The Balaban J connectivity index is 1.86. The van der Waals surface area contributed by atoms with Gasteiger partial charge in [0.15, 0.2) is 6.35 Å². The Morgan fingerprint density at radius 2 is 2.19 bits per heavy atom. The predicted molar refractivity (Wildman–Crippen MR) is 94.4 cm³/mol. The molecule has 1 atom stereocenters. The lowest BCUT2D eigenvalue weighted by molar-refractivity contribution is -0.0295. The normalized spacial score (nSPS) is 13.8. The third kappa shape index (κ3) is 4.53. The van der Waals surface area contributed by atoms with Crippen molar-refractivity contribution in [2.24, 2.45) is 0 Å². The van der Waals surface area contributed by atoms with E-state index >= 15 is 0 Å². The van der Waals surface area contributed by atoms with Crippen molar-refractivity contribution >= 4 is 24.8 Å². The number of rotatable bonds is 8. The van der Waals surface area contributed by atoms with Crippen LogP contribution in [0.5, 0.6) is 5.75 Å². The Hall–Kier alpha value is -1.85. The fourth-order valence-electron chi connectivity index (χ4n) is 2.63. The van der Waals surface area contributed by atoms with E-state index < -0.39 is 32.6 Å². The van der Waals surface area contributed by atoms with Crippen molar-refractivity contribution in [1.82, 2.24) is 10.5 Å². The number of hydrogen-bond donors (Lipinski definition) is 5. The monoisotopic (exact) mass is 416 g/mol. The Morgan fingerprint density at radius 3 is 2.89 bits per heavy atom. The van der Waals surface area contributed by atoms with Crippen LogP contribution in [0.25, 0.3) is 11.3 Å². The molecule has 0 bridgehead atoms. The largest absolute Gasteiger partial charge is 0.480 e. The number of aliphatic hydroxyl groups is 2. The summed E-state index contributed by atoms with van der Waals surface area (Å²) < 4.78 is 16.4. The van der Waals surface area contributed by atoms with E-state index in [9.17, 15) is 14.5 Å². The molecule has 0 saturated carbocycles. The van der Waals surface area contributed by atoms with Gasteiger partial charge in [0.1, 0.15) is 18.5 Å². The summed E-state index contributed by atoms with van der Waals surface area (Å²) in [6.07, 6.45) is -1.48. The summed E-state index contributed by atoms with van der Waals surface area (Å²) in [6, 6.07) is 2.91. The van der Waals surface area contributed by atoms with E-state index in [2.05, 4.69) is 10.5 Å². The maximum absolute atomic E-state index is 12.4. The number of fused-ring (bicyclic) bond motifs is 3. The standard InChI is InChI=1S/C15H17N2O8PS/c18-4-8(19)5-25-17-15(20)9-1-2-11(24-7-26(21,22)23)13-10(9)3-12-14(13)16-6-27-12/h1-2,6,8,18-19H,3-5,7H2,(H,17,20)(H2,21,22,23)/t8-/m1/s1. The summed E-state index contributed by atoms with van der Waals surface area (Å²) in [5.41, 5.74) is 5.87. The first kappa shape index (κ1) is 19.9. The lowest BCUT2D eigenvalue weighted by Gasteiger charge is -2.15. The first-order valence-corrected chi connectivity index (χ1v) is 10.4. The van der Waals surface area contributed by atoms with Crippen LogP contribution >= 0.6 is 18.9 Å². The van der Waals surface area contributed by atoms with Crippen LogP contribution in [0.15, 0.2) is 17.6 Å². The lowest BCUT2D eigenvalue weighted by Crippen LogP contribution is -2.30. The van der Waals surface area contributed by atoms with Gasteiger partial charge in [0.25, 0.3) is 5.91 Å². The molecule has 0 unspecified atom stereocenters. The van der Waals surface area contributed by atoms with E-state index in [0.29, 0.717) is 23.2 Å². The van der Waals surface area contributed by atoms with Gasteiger partial charge in [-0.05, 0) is 17.7 Å². The number of hydroxylamine groups is 1. The summed E-state index contributed by atoms with van der Waals surface area (Å²) in [5.74, 6) is -0.334. The fourth-order valence-corrected chi connectivity index (χ4v) is 3.71. The first-order chi connectivity index (χ1) is 12.8. The molecule has 1 aromatic heterocycles. The molecular formula is C15H17N2O8PS. The number of aromatic nitrogens is 1. The molecule has 10 nitrogen and oxygen atoms in total. The molecule has 1 aromatic carbocycles. The predicted octanol–water partition coefficient (Wildman–Crippen LogP) is 0.243. The van der Waals surface area contributed by atoms with Crippen LogP contribution in [-0.2, 0) is 15.8 Å². The molecule has 1 aliphatic carbocycles. The van der Waals surface area contributed by atoms with Gasteiger partial charge in [-0.3, -0.25) is 14.2 Å². The van der Waals surface area contributed by atoms with Crippen molar-refractivity contribution in [3.05, 3.63) is 33.6 Å². The second-order valence-electron chi connectivity index (χ2n) is 5.78. The summed E-state index contributed by atoms with van der Waals surface area (Å²) >= 11 is 1.40. The second-order valence-corrected chi connectivity index (χ2v) is 8.31. The van der Waals surface area contributed by atoms with Crippen molar-refractivity contribution in [1.29, 1.82) is 0 Å². The van der Waals surface area contributed by atoms with Crippen molar-refractivity contribution in [2.75, 3.05) is 19.6 Å². The number of amides is 1. The van der Waals surface area contributed by atoms with Gasteiger partial charge in [0, 0.05) is 22.4 Å². The van der Waals surface area contributed by atoms with E-state index in [1.54, 1.807) is 5.51 Å². The Kier molecular flexibility index (Phi) is 5.92. The van der Waals surface area contributed by atoms with Crippen molar-refractivity contribution in [2.45, 2.75) is 12.5 Å². The molecular weight excluding hydrogens is 399 g/mol. The molecule has 2 aromatic rings. The number of nitrogens with one attached hydrogen (secondary N) is 1. The molecule has 27 heavy (non-hydrogen) atoms. The first-order valence-electron chi connectivity index (χ1n) is 7.77. The summed E-state index contributed by atoms with van der Waals surface area (Å²) in [5, 5.41) is 18.0. The molecule has 0 fully saturated rings. The zero-order valence-electron chi connectivity index (χ0n) is 13.9. The third-order valence-electron chi connectivity index (χ3n) is 3.77. The van der Waals surface area contributed by atoms with Crippen LogP contribution in [-0.4, -0.2) is 56.6 Å². The number of carbonyl (C=O) groups is 1. The van der Waals surface area contributed by atoms with Gasteiger partial charge in [-0.2, -0.15) is 0 Å². The highest BCUT2D eigenvalue weighted by Gasteiger charge is 2.30. The van der Waals surface area contributed by atoms with Gasteiger partial charge < -0.3 is 24.7 Å². The van der Waals surface area contributed by atoms with Crippen LogP contribution < -0.4 is 10.2 Å². The molecule has 12 heteroatoms. The van der Waals surface area contributed by atoms with Crippen LogP contribution in [0.2, 0.25) is 0 Å². The summed E-state index contributed by atoms with van der Waals surface area (Å²) in [6.45, 7) is -0.772. The van der Waals surface area contributed by atoms with Gasteiger partial charge in [-0.25, -0.2) is 10.5 Å². The minimum absolute atomic E-state index is 0.228. The highest BCUT2D eigenvalue weighted by Crippen LogP contribution is 2.46. The molecule has 0 spiro atoms. The van der Waals surface area contributed by atoms with Crippen LogP contribution in [0, 0.1) is 0 Å². The Labute approximate surface area is 157 Å². The molecule has 1 amide bonds. The van der Waals surface area contributed by atoms with E-state index in [4.69, 9.17) is 24.5 Å². The Morgan fingerprint density at radius 1 is 1.41 bits per heavy atom.